The molecule has 1 aliphatic rings. The molecule has 148 valence electrons. The number of anilines is 1. The Labute approximate surface area is 175 Å². The van der Waals surface area contributed by atoms with Crippen molar-refractivity contribution in [3.63, 3.8) is 0 Å². The fourth-order valence-corrected chi connectivity index (χ4v) is 3.99. The van der Waals surface area contributed by atoms with Gasteiger partial charge in [-0.1, -0.05) is 54.1 Å². The molecule has 0 amide bonds. The number of rotatable bonds is 6. The van der Waals surface area contributed by atoms with Crippen LogP contribution < -0.4 is 4.90 Å². The Morgan fingerprint density at radius 3 is 2.59 bits per heavy atom. The molecule has 4 rings (SSSR count). The zero-order chi connectivity index (χ0) is 20.2. The first-order valence-electron chi connectivity index (χ1n) is 9.77. The van der Waals surface area contributed by atoms with E-state index in [0.29, 0.717) is 23.1 Å². The normalized spacial score (nSPS) is 16.2. The summed E-state index contributed by atoms with van der Waals surface area (Å²) >= 11 is 6.03. The van der Waals surface area contributed by atoms with Gasteiger partial charge in [-0.2, -0.15) is 0 Å². The van der Waals surface area contributed by atoms with Gasteiger partial charge in [0.15, 0.2) is 0 Å². The molecule has 0 unspecified atom stereocenters. The second-order valence-electron chi connectivity index (χ2n) is 7.22. The minimum absolute atomic E-state index is 0.171. The van der Waals surface area contributed by atoms with E-state index in [4.69, 9.17) is 16.6 Å². The Balaban J connectivity index is 1.61. The minimum Gasteiger partial charge on any atom is -0.478 e. The van der Waals surface area contributed by atoms with Crippen LogP contribution >= 0.6 is 11.6 Å². The number of nitrogens with zero attached hydrogens (tertiary/aromatic N) is 3. The van der Waals surface area contributed by atoms with E-state index < -0.39 is 5.97 Å². The van der Waals surface area contributed by atoms with Gasteiger partial charge in [-0.3, -0.25) is 0 Å². The van der Waals surface area contributed by atoms with Crippen molar-refractivity contribution in [2.75, 3.05) is 11.4 Å². The molecule has 5 nitrogen and oxygen atoms in total. The lowest BCUT2D eigenvalue weighted by molar-refractivity contribution is 0.0694. The van der Waals surface area contributed by atoms with Crippen LogP contribution in [0.5, 0.6) is 0 Å². The third-order valence-electron chi connectivity index (χ3n) is 5.34. The fraction of sp³-hybridized carbons (Fsp3) is 0.261. The third-order valence-corrected chi connectivity index (χ3v) is 5.60. The van der Waals surface area contributed by atoms with Gasteiger partial charge in [0.05, 0.1) is 17.3 Å². The maximum absolute atomic E-state index is 11.7. The highest BCUT2D eigenvalue weighted by molar-refractivity contribution is 6.30. The molecule has 1 atom stereocenters. The SMILES string of the molecule is O=C(O)c1cnc(N2CCC[C@@H]2c2ccc(Cl)cc2)nc1CCc1ccccc1. The van der Waals surface area contributed by atoms with E-state index in [1.54, 1.807) is 0 Å². The molecule has 0 radical (unpaired) electrons. The number of carbonyl (C=O) groups is 1. The summed E-state index contributed by atoms with van der Waals surface area (Å²) in [6.45, 7) is 0.845. The highest BCUT2D eigenvalue weighted by Gasteiger charge is 2.29. The van der Waals surface area contributed by atoms with E-state index in [0.717, 1.165) is 31.4 Å². The van der Waals surface area contributed by atoms with Gasteiger partial charge >= 0.3 is 5.97 Å². The summed E-state index contributed by atoms with van der Waals surface area (Å²) in [6.07, 6.45) is 4.78. The molecule has 1 saturated heterocycles. The number of aryl methyl sites for hydroxylation is 2. The van der Waals surface area contributed by atoms with E-state index in [1.807, 2.05) is 54.6 Å². The summed E-state index contributed by atoms with van der Waals surface area (Å²) in [6, 6.07) is 18.1. The Bertz CT molecular complexity index is 993. The summed E-state index contributed by atoms with van der Waals surface area (Å²) in [7, 11) is 0. The van der Waals surface area contributed by atoms with Gasteiger partial charge in [0, 0.05) is 17.8 Å². The summed E-state index contributed by atoms with van der Waals surface area (Å²) < 4.78 is 0. The van der Waals surface area contributed by atoms with Crippen LogP contribution in [-0.2, 0) is 12.8 Å². The smallest absolute Gasteiger partial charge is 0.339 e. The minimum atomic E-state index is -0.990. The quantitative estimate of drug-likeness (QED) is 0.625. The molecule has 1 aliphatic heterocycles. The maximum Gasteiger partial charge on any atom is 0.339 e. The van der Waals surface area contributed by atoms with Gasteiger partial charge in [-0.15, -0.1) is 0 Å². The van der Waals surface area contributed by atoms with Crippen molar-refractivity contribution in [2.24, 2.45) is 0 Å². The van der Waals surface area contributed by atoms with Crippen LogP contribution in [0.15, 0.2) is 60.8 Å². The van der Waals surface area contributed by atoms with Crippen LogP contribution in [0.2, 0.25) is 5.02 Å². The number of aromatic carboxylic acids is 1. The van der Waals surface area contributed by atoms with Crippen LogP contribution in [0.4, 0.5) is 5.95 Å². The van der Waals surface area contributed by atoms with Crippen molar-refractivity contribution in [2.45, 2.75) is 31.7 Å². The molecule has 2 heterocycles. The van der Waals surface area contributed by atoms with E-state index in [2.05, 4.69) is 9.88 Å². The van der Waals surface area contributed by atoms with Crippen LogP contribution in [0.25, 0.3) is 0 Å². The third kappa shape index (κ3) is 4.40. The topological polar surface area (TPSA) is 66.3 Å². The van der Waals surface area contributed by atoms with Crippen LogP contribution in [0.3, 0.4) is 0 Å². The van der Waals surface area contributed by atoms with E-state index in [9.17, 15) is 9.90 Å². The number of carboxylic acid groups (broad SMARTS) is 1. The summed E-state index contributed by atoms with van der Waals surface area (Å²) in [5, 5.41) is 10.3. The van der Waals surface area contributed by atoms with E-state index in [-0.39, 0.29) is 11.6 Å². The van der Waals surface area contributed by atoms with Gasteiger partial charge in [-0.05, 0) is 48.9 Å². The molecule has 0 aliphatic carbocycles. The van der Waals surface area contributed by atoms with E-state index in [1.165, 1.54) is 11.8 Å². The van der Waals surface area contributed by atoms with Crippen molar-refractivity contribution < 1.29 is 9.90 Å². The van der Waals surface area contributed by atoms with Crippen LogP contribution in [0, 0.1) is 0 Å². The number of benzene rings is 2. The predicted octanol–water partition coefficient (Wildman–Crippen LogP) is 4.95. The zero-order valence-corrected chi connectivity index (χ0v) is 16.7. The molecule has 1 aromatic heterocycles. The molecule has 0 saturated carbocycles. The average molecular weight is 408 g/mol. The molecule has 2 aromatic carbocycles. The van der Waals surface area contributed by atoms with Gasteiger partial charge in [0.2, 0.25) is 5.95 Å². The van der Waals surface area contributed by atoms with Gasteiger partial charge < -0.3 is 10.0 Å². The number of hydrogen-bond acceptors (Lipinski definition) is 4. The molecular weight excluding hydrogens is 386 g/mol. The lowest BCUT2D eigenvalue weighted by Crippen LogP contribution is -2.25. The van der Waals surface area contributed by atoms with Gasteiger partial charge in [-0.25, -0.2) is 14.8 Å². The first-order valence-corrected chi connectivity index (χ1v) is 10.1. The molecular formula is C23H22ClN3O2. The standard InChI is InChI=1S/C23H22ClN3O2/c24-18-11-9-17(10-12-18)21-7-4-14-27(21)23-25-15-19(22(28)29)20(26-23)13-8-16-5-2-1-3-6-16/h1-3,5-6,9-12,15,21H,4,7-8,13-14H2,(H,28,29)/t21-/m1/s1. The van der Waals surface area contributed by atoms with Crippen LogP contribution in [-0.4, -0.2) is 27.6 Å². The molecule has 1 N–H and O–H groups in total. The molecule has 29 heavy (non-hydrogen) atoms. The largest absolute Gasteiger partial charge is 0.478 e. The molecule has 0 bridgehead atoms. The monoisotopic (exact) mass is 407 g/mol. The number of hydrogen-bond donors (Lipinski definition) is 1. The fourth-order valence-electron chi connectivity index (χ4n) is 3.86. The Hall–Kier alpha value is -2.92. The summed E-state index contributed by atoms with van der Waals surface area (Å²) in [4.78, 5) is 22.9. The number of carboxylic acids is 1. The summed E-state index contributed by atoms with van der Waals surface area (Å²) in [5.74, 6) is -0.397. The first-order chi connectivity index (χ1) is 14.1. The zero-order valence-electron chi connectivity index (χ0n) is 16.0. The lowest BCUT2D eigenvalue weighted by Gasteiger charge is -2.25. The molecule has 0 spiro atoms. The Morgan fingerprint density at radius 2 is 1.86 bits per heavy atom. The van der Waals surface area contributed by atoms with Crippen molar-refractivity contribution in [3.8, 4) is 0 Å². The van der Waals surface area contributed by atoms with E-state index >= 15 is 0 Å². The van der Waals surface area contributed by atoms with Crippen molar-refractivity contribution >= 4 is 23.5 Å². The van der Waals surface area contributed by atoms with Crippen molar-refractivity contribution in [1.29, 1.82) is 0 Å². The number of halogens is 1. The van der Waals surface area contributed by atoms with Crippen molar-refractivity contribution in [1.82, 2.24) is 9.97 Å². The van der Waals surface area contributed by atoms with Gasteiger partial charge in [0.1, 0.15) is 0 Å². The first kappa shape index (κ1) is 19.4. The lowest BCUT2D eigenvalue weighted by atomic mass is 10.0. The second-order valence-corrected chi connectivity index (χ2v) is 7.66. The summed E-state index contributed by atoms with van der Waals surface area (Å²) in [5.41, 5.74) is 3.08. The molecule has 6 heteroatoms. The highest BCUT2D eigenvalue weighted by atomic mass is 35.5. The predicted molar refractivity (Wildman–Crippen MR) is 114 cm³/mol. The second kappa shape index (κ2) is 8.62. The van der Waals surface area contributed by atoms with Crippen molar-refractivity contribution in [3.05, 3.63) is 88.2 Å². The van der Waals surface area contributed by atoms with Crippen LogP contribution in [0.1, 0.15) is 46.1 Å². The Kier molecular flexibility index (Phi) is 5.76. The van der Waals surface area contributed by atoms with Gasteiger partial charge in [0.25, 0.3) is 0 Å². The maximum atomic E-state index is 11.7. The Morgan fingerprint density at radius 1 is 1.10 bits per heavy atom. The molecule has 3 aromatic rings. The average Bonchev–Trinajstić information content (AvgIpc) is 3.23. The highest BCUT2D eigenvalue weighted by Crippen LogP contribution is 2.35. The molecule has 1 fully saturated rings. The number of aromatic nitrogens is 2.